The molecule has 2 N–H and O–H groups in total. The molecule has 0 aliphatic carbocycles. The van der Waals surface area contributed by atoms with Crippen molar-refractivity contribution >= 4 is 34.8 Å². The van der Waals surface area contributed by atoms with Crippen LogP contribution in [-0.2, 0) is 14.3 Å². The summed E-state index contributed by atoms with van der Waals surface area (Å²) in [6.45, 7) is 4.50. The van der Waals surface area contributed by atoms with Gasteiger partial charge in [-0.05, 0) is 31.5 Å². The van der Waals surface area contributed by atoms with Gasteiger partial charge in [0, 0.05) is 13.2 Å². The molecule has 6 nitrogen and oxygen atoms in total. The van der Waals surface area contributed by atoms with Crippen LogP contribution in [0.25, 0.3) is 0 Å². The van der Waals surface area contributed by atoms with E-state index >= 15 is 0 Å². The SMILES string of the molecule is CCN(CC(=O)Nc1c(Cl)cccc1Cl)CC(O)COCC1CCCO1. The number of amides is 1. The molecule has 1 aromatic rings. The first-order chi connectivity index (χ1) is 12.5. The lowest BCUT2D eigenvalue weighted by molar-refractivity contribution is -0.117. The first-order valence-electron chi connectivity index (χ1n) is 8.83. The molecule has 0 saturated carbocycles. The Kier molecular flexibility index (Phi) is 9.11. The quantitative estimate of drug-likeness (QED) is 0.627. The Hall–Kier alpha value is -0.890. The summed E-state index contributed by atoms with van der Waals surface area (Å²) < 4.78 is 11.0. The molecule has 1 fully saturated rings. The van der Waals surface area contributed by atoms with Crippen LogP contribution >= 0.6 is 23.2 Å². The predicted octanol–water partition coefficient (Wildman–Crippen LogP) is 2.81. The molecule has 1 aliphatic rings. The van der Waals surface area contributed by atoms with E-state index in [-0.39, 0.29) is 25.2 Å². The molecule has 0 radical (unpaired) electrons. The molecule has 2 atom stereocenters. The van der Waals surface area contributed by atoms with Crippen LogP contribution in [0.4, 0.5) is 5.69 Å². The lowest BCUT2D eigenvalue weighted by atomic mass is 10.2. The fourth-order valence-electron chi connectivity index (χ4n) is 2.77. The zero-order valence-electron chi connectivity index (χ0n) is 14.9. The monoisotopic (exact) mass is 404 g/mol. The van der Waals surface area contributed by atoms with Gasteiger partial charge < -0.3 is 19.9 Å². The summed E-state index contributed by atoms with van der Waals surface area (Å²) in [7, 11) is 0. The summed E-state index contributed by atoms with van der Waals surface area (Å²) in [5.74, 6) is -0.241. The highest BCUT2D eigenvalue weighted by Gasteiger charge is 2.18. The minimum absolute atomic E-state index is 0.126. The lowest BCUT2D eigenvalue weighted by Gasteiger charge is -2.23. The maximum atomic E-state index is 12.3. The molecule has 26 heavy (non-hydrogen) atoms. The lowest BCUT2D eigenvalue weighted by Crippen LogP contribution is -2.40. The van der Waals surface area contributed by atoms with Crippen LogP contribution in [-0.4, -0.2) is 67.6 Å². The van der Waals surface area contributed by atoms with Gasteiger partial charge in [0.2, 0.25) is 5.91 Å². The molecule has 1 heterocycles. The Morgan fingerprint density at radius 3 is 2.81 bits per heavy atom. The average Bonchev–Trinajstić information content (AvgIpc) is 3.11. The van der Waals surface area contributed by atoms with Crippen molar-refractivity contribution < 1.29 is 19.4 Å². The Bertz CT molecular complexity index is 562. The summed E-state index contributed by atoms with van der Waals surface area (Å²) in [4.78, 5) is 14.1. The second-order valence-electron chi connectivity index (χ2n) is 6.30. The molecule has 0 spiro atoms. The molecular formula is C18H26Cl2N2O4. The van der Waals surface area contributed by atoms with Crippen LogP contribution in [0.3, 0.4) is 0 Å². The van der Waals surface area contributed by atoms with Crippen LogP contribution in [0.5, 0.6) is 0 Å². The molecule has 146 valence electrons. The smallest absolute Gasteiger partial charge is 0.238 e. The summed E-state index contributed by atoms with van der Waals surface area (Å²) in [6.07, 6.45) is 1.52. The molecule has 0 aromatic heterocycles. The van der Waals surface area contributed by atoms with Gasteiger partial charge >= 0.3 is 0 Å². The Labute approximate surface area is 164 Å². The van der Waals surface area contributed by atoms with Gasteiger partial charge in [-0.1, -0.05) is 36.2 Å². The van der Waals surface area contributed by atoms with Gasteiger partial charge in [0.1, 0.15) is 0 Å². The topological polar surface area (TPSA) is 71.0 Å². The number of aliphatic hydroxyl groups is 1. The van der Waals surface area contributed by atoms with E-state index in [1.807, 2.05) is 11.8 Å². The number of carbonyl (C=O) groups excluding carboxylic acids is 1. The largest absolute Gasteiger partial charge is 0.389 e. The van der Waals surface area contributed by atoms with Crippen LogP contribution in [0.2, 0.25) is 10.0 Å². The number of halogens is 2. The van der Waals surface area contributed by atoms with Crippen LogP contribution in [0.15, 0.2) is 18.2 Å². The average molecular weight is 405 g/mol. The second kappa shape index (κ2) is 11.1. The summed E-state index contributed by atoms with van der Waals surface area (Å²) in [5.41, 5.74) is 0.400. The van der Waals surface area contributed by atoms with Crippen molar-refractivity contribution in [3.63, 3.8) is 0 Å². The van der Waals surface area contributed by atoms with Crippen molar-refractivity contribution in [2.45, 2.75) is 32.0 Å². The third-order valence-electron chi connectivity index (χ3n) is 4.15. The maximum absolute atomic E-state index is 12.3. The maximum Gasteiger partial charge on any atom is 0.238 e. The molecule has 1 amide bonds. The molecule has 2 rings (SSSR count). The summed E-state index contributed by atoms with van der Waals surface area (Å²) in [6, 6.07) is 5.04. The van der Waals surface area contributed by atoms with Gasteiger partial charge in [0.15, 0.2) is 0 Å². The van der Waals surface area contributed by atoms with Gasteiger partial charge in [-0.15, -0.1) is 0 Å². The zero-order valence-corrected chi connectivity index (χ0v) is 16.4. The van der Waals surface area contributed by atoms with Gasteiger partial charge in [-0.2, -0.15) is 0 Å². The molecule has 2 unspecified atom stereocenters. The van der Waals surface area contributed by atoms with Crippen molar-refractivity contribution in [3.8, 4) is 0 Å². The number of hydrogen-bond acceptors (Lipinski definition) is 5. The van der Waals surface area contributed by atoms with Crippen LogP contribution in [0, 0.1) is 0 Å². The third kappa shape index (κ3) is 7.02. The molecule has 8 heteroatoms. The van der Waals surface area contributed by atoms with E-state index in [9.17, 15) is 9.90 Å². The first kappa shape index (κ1) is 21.4. The standard InChI is InChI=1S/C18H26Cl2N2O4/c1-2-22(9-13(23)11-25-12-14-5-4-8-26-14)10-17(24)21-18-15(19)6-3-7-16(18)20/h3,6-7,13-14,23H,2,4-5,8-12H2,1H3,(H,21,24). The number of nitrogens with one attached hydrogen (secondary N) is 1. The van der Waals surface area contributed by atoms with E-state index in [0.717, 1.165) is 19.4 Å². The first-order valence-corrected chi connectivity index (χ1v) is 9.58. The van der Waals surface area contributed by atoms with E-state index in [0.29, 0.717) is 35.4 Å². The van der Waals surface area contributed by atoms with Gasteiger partial charge in [0.25, 0.3) is 0 Å². The van der Waals surface area contributed by atoms with E-state index < -0.39 is 6.10 Å². The Morgan fingerprint density at radius 2 is 2.19 bits per heavy atom. The van der Waals surface area contributed by atoms with Crippen molar-refractivity contribution in [2.75, 3.05) is 44.8 Å². The Morgan fingerprint density at radius 1 is 1.46 bits per heavy atom. The number of anilines is 1. The number of aliphatic hydroxyl groups excluding tert-OH is 1. The van der Waals surface area contributed by atoms with Crippen LogP contribution in [0.1, 0.15) is 19.8 Å². The fraction of sp³-hybridized carbons (Fsp3) is 0.611. The van der Waals surface area contributed by atoms with Gasteiger partial charge in [-0.25, -0.2) is 0 Å². The number of nitrogens with zero attached hydrogens (tertiary/aromatic N) is 1. The minimum atomic E-state index is -0.673. The molecule has 1 aromatic carbocycles. The second-order valence-corrected chi connectivity index (χ2v) is 7.11. The Balaban J connectivity index is 1.73. The predicted molar refractivity (Wildman–Crippen MR) is 103 cm³/mol. The van der Waals surface area contributed by atoms with Crippen molar-refractivity contribution in [1.82, 2.24) is 4.90 Å². The highest BCUT2D eigenvalue weighted by Crippen LogP contribution is 2.29. The molecule has 0 bridgehead atoms. The molecule has 1 aliphatic heterocycles. The van der Waals surface area contributed by atoms with E-state index in [2.05, 4.69) is 5.32 Å². The number of rotatable bonds is 10. The normalized spacial score (nSPS) is 18.3. The number of likely N-dealkylation sites (N-methyl/N-ethyl adjacent to an activating group) is 1. The highest BCUT2D eigenvalue weighted by molar-refractivity contribution is 6.39. The van der Waals surface area contributed by atoms with Crippen molar-refractivity contribution in [2.24, 2.45) is 0 Å². The van der Waals surface area contributed by atoms with Gasteiger partial charge in [0.05, 0.1) is 47.7 Å². The van der Waals surface area contributed by atoms with Crippen LogP contribution < -0.4 is 5.32 Å². The minimum Gasteiger partial charge on any atom is -0.389 e. The number of carbonyl (C=O) groups is 1. The van der Waals surface area contributed by atoms with E-state index in [1.54, 1.807) is 18.2 Å². The summed E-state index contributed by atoms with van der Waals surface area (Å²) >= 11 is 12.1. The zero-order chi connectivity index (χ0) is 18.9. The van der Waals surface area contributed by atoms with Crippen molar-refractivity contribution in [3.05, 3.63) is 28.2 Å². The number of benzene rings is 1. The highest BCUT2D eigenvalue weighted by atomic mass is 35.5. The summed E-state index contributed by atoms with van der Waals surface area (Å²) in [5, 5.41) is 13.6. The number of hydrogen-bond donors (Lipinski definition) is 2. The molecular weight excluding hydrogens is 379 g/mol. The van der Waals surface area contributed by atoms with Crippen molar-refractivity contribution in [1.29, 1.82) is 0 Å². The van der Waals surface area contributed by atoms with E-state index in [1.165, 1.54) is 0 Å². The van der Waals surface area contributed by atoms with E-state index in [4.69, 9.17) is 32.7 Å². The number of ether oxygens (including phenoxy) is 2. The third-order valence-corrected chi connectivity index (χ3v) is 4.78. The molecule has 1 saturated heterocycles. The number of para-hydroxylation sites is 1. The van der Waals surface area contributed by atoms with Gasteiger partial charge in [-0.3, -0.25) is 9.69 Å². The fourth-order valence-corrected chi connectivity index (χ4v) is 3.26.